The SMILES string of the molecule is Cc1cccc(C(=O)NCC2CCCCN2C(=O)c2nc(C3CC3)sc2-c2cccc(C(F)(F)F)c2)c1. The molecule has 2 aromatic carbocycles. The van der Waals surface area contributed by atoms with Gasteiger partial charge in [0.25, 0.3) is 11.8 Å². The van der Waals surface area contributed by atoms with E-state index in [4.69, 9.17) is 0 Å². The van der Waals surface area contributed by atoms with Crippen molar-refractivity contribution in [2.45, 2.75) is 57.2 Å². The van der Waals surface area contributed by atoms with Crippen molar-refractivity contribution in [2.75, 3.05) is 13.1 Å². The highest BCUT2D eigenvalue weighted by atomic mass is 32.1. The van der Waals surface area contributed by atoms with Gasteiger partial charge in [-0.05, 0) is 68.9 Å². The molecule has 5 nitrogen and oxygen atoms in total. The molecule has 3 aromatic rings. The molecule has 1 aliphatic carbocycles. The van der Waals surface area contributed by atoms with Crippen molar-refractivity contribution >= 4 is 23.2 Å². The van der Waals surface area contributed by atoms with E-state index in [9.17, 15) is 22.8 Å². The van der Waals surface area contributed by atoms with E-state index in [1.807, 2.05) is 25.1 Å². The summed E-state index contributed by atoms with van der Waals surface area (Å²) in [4.78, 5) is 33.4. The molecular formula is C28H28F3N3O2S. The Morgan fingerprint density at radius 2 is 1.86 bits per heavy atom. The maximum absolute atomic E-state index is 13.8. The maximum atomic E-state index is 13.8. The summed E-state index contributed by atoms with van der Waals surface area (Å²) in [7, 11) is 0. The van der Waals surface area contributed by atoms with Gasteiger partial charge in [-0.2, -0.15) is 13.2 Å². The Bertz CT molecular complexity index is 1320. The predicted octanol–water partition coefficient (Wildman–Crippen LogP) is 6.44. The summed E-state index contributed by atoms with van der Waals surface area (Å²) in [5.74, 6) is -0.219. The van der Waals surface area contributed by atoms with Crippen LogP contribution in [0, 0.1) is 6.92 Å². The van der Waals surface area contributed by atoms with Gasteiger partial charge in [0.15, 0.2) is 0 Å². The lowest BCUT2D eigenvalue weighted by Gasteiger charge is -2.35. The van der Waals surface area contributed by atoms with Gasteiger partial charge in [0.2, 0.25) is 0 Å². The van der Waals surface area contributed by atoms with Crippen LogP contribution in [-0.4, -0.2) is 40.8 Å². The third-order valence-electron chi connectivity index (χ3n) is 6.89. The molecule has 2 aliphatic rings. The number of aryl methyl sites for hydroxylation is 1. The minimum absolute atomic E-state index is 0.198. The third-order valence-corrected chi connectivity index (χ3v) is 8.16. The molecule has 1 atom stereocenters. The van der Waals surface area contributed by atoms with E-state index in [1.165, 1.54) is 17.4 Å². The number of likely N-dealkylation sites (tertiary alicyclic amines) is 1. The number of aromatic nitrogens is 1. The number of piperidine rings is 1. The quantitative estimate of drug-likeness (QED) is 0.401. The van der Waals surface area contributed by atoms with Crippen molar-refractivity contribution in [1.29, 1.82) is 0 Å². The fraction of sp³-hybridized carbons (Fsp3) is 0.393. The number of hydrogen-bond donors (Lipinski definition) is 1. The lowest BCUT2D eigenvalue weighted by Crippen LogP contribution is -2.49. The van der Waals surface area contributed by atoms with E-state index >= 15 is 0 Å². The van der Waals surface area contributed by atoms with E-state index in [1.54, 1.807) is 17.0 Å². The number of halogens is 3. The Labute approximate surface area is 217 Å². The molecule has 0 radical (unpaired) electrons. The molecule has 1 aliphatic heterocycles. The topological polar surface area (TPSA) is 62.3 Å². The zero-order valence-corrected chi connectivity index (χ0v) is 21.3. The largest absolute Gasteiger partial charge is 0.416 e. The standard InChI is InChI=1S/C28H28F3N3O2S/c1-17-6-4-8-20(14-17)25(35)32-16-22-10-2-3-13-34(22)27(36)23-24(37-26(33-23)18-11-12-18)19-7-5-9-21(15-19)28(29,30)31/h4-9,14-15,18,22H,2-3,10-13,16H2,1H3,(H,32,35). The number of amides is 2. The first-order valence-corrected chi connectivity index (χ1v) is 13.4. The van der Waals surface area contributed by atoms with E-state index in [-0.39, 0.29) is 29.5 Å². The highest BCUT2D eigenvalue weighted by Crippen LogP contribution is 2.45. The Morgan fingerprint density at radius 3 is 2.59 bits per heavy atom. The van der Waals surface area contributed by atoms with Crippen LogP contribution in [0.2, 0.25) is 0 Å². The number of hydrogen-bond acceptors (Lipinski definition) is 4. The van der Waals surface area contributed by atoms with Crippen LogP contribution >= 0.6 is 11.3 Å². The lowest BCUT2D eigenvalue weighted by molar-refractivity contribution is -0.137. The number of carbonyl (C=O) groups is 2. The first kappa shape index (κ1) is 25.4. The molecular weight excluding hydrogens is 499 g/mol. The Kier molecular flexibility index (Phi) is 7.07. The molecule has 2 amide bonds. The molecule has 2 fully saturated rings. The van der Waals surface area contributed by atoms with E-state index in [0.717, 1.165) is 54.8 Å². The summed E-state index contributed by atoms with van der Waals surface area (Å²) in [5.41, 5.74) is 1.36. The monoisotopic (exact) mass is 527 g/mol. The van der Waals surface area contributed by atoms with Gasteiger partial charge < -0.3 is 10.2 Å². The number of alkyl halides is 3. The van der Waals surface area contributed by atoms with Gasteiger partial charge in [0, 0.05) is 30.6 Å². The number of nitrogens with zero attached hydrogens (tertiary/aromatic N) is 2. The second-order valence-corrected chi connectivity index (χ2v) is 10.8. The van der Waals surface area contributed by atoms with Gasteiger partial charge in [0.1, 0.15) is 5.69 Å². The molecule has 1 unspecified atom stereocenters. The molecule has 0 spiro atoms. The van der Waals surface area contributed by atoms with Crippen molar-refractivity contribution in [1.82, 2.24) is 15.2 Å². The third kappa shape index (κ3) is 5.71. The molecule has 194 valence electrons. The van der Waals surface area contributed by atoms with Crippen molar-refractivity contribution in [3.63, 3.8) is 0 Å². The van der Waals surface area contributed by atoms with Crippen LogP contribution in [0.25, 0.3) is 10.4 Å². The van der Waals surface area contributed by atoms with E-state index < -0.39 is 11.7 Å². The second-order valence-electron chi connectivity index (χ2n) is 9.81. The van der Waals surface area contributed by atoms with Crippen LogP contribution in [0.4, 0.5) is 13.2 Å². The van der Waals surface area contributed by atoms with Crippen LogP contribution in [-0.2, 0) is 6.18 Å². The molecule has 1 saturated heterocycles. The van der Waals surface area contributed by atoms with Gasteiger partial charge in [-0.25, -0.2) is 4.98 Å². The molecule has 1 N–H and O–H groups in total. The van der Waals surface area contributed by atoms with Crippen LogP contribution in [0.5, 0.6) is 0 Å². The number of benzene rings is 2. The molecule has 0 bridgehead atoms. The van der Waals surface area contributed by atoms with Gasteiger partial charge in [-0.3, -0.25) is 9.59 Å². The average Bonchev–Trinajstić information content (AvgIpc) is 3.64. The summed E-state index contributed by atoms with van der Waals surface area (Å²) >= 11 is 1.32. The predicted molar refractivity (Wildman–Crippen MR) is 137 cm³/mol. The van der Waals surface area contributed by atoms with Gasteiger partial charge in [-0.1, -0.05) is 29.8 Å². The van der Waals surface area contributed by atoms with E-state index in [2.05, 4.69) is 10.3 Å². The molecule has 5 rings (SSSR count). The first-order chi connectivity index (χ1) is 17.7. The van der Waals surface area contributed by atoms with Crippen LogP contribution in [0.3, 0.4) is 0 Å². The Hall–Kier alpha value is -3.20. The van der Waals surface area contributed by atoms with Crippen LogP contribution < -0.4 is 5.32 Å². The molecule has 2 heterocycles. The number of thiazole rings is 1. The van der Waals surface area contributed by atoms with Gasteiger partial charge in [0.05, 0.1) is 15.4 Å². The van der Waals surface area contributed by atoms with Gasteiger partial charge in [-0.15, -0.1) is 11.3 Å². The summed E-state index contributed by atoms with van der Waals surface area (Å²) in [6.45, 7) is 2.74. The van der Waals surface area contributed by atoms with Crippen molar-refractivity contribution < 1.29 is 22.8 Å². The molecule has 37 heavy (non-hydrogen) atoms. The first-order valence-electron chi connectivity index (χ1n) is 12.5. The maximum Gasteiger partial charge on any atom is 0.416 e. The number of rotatable bonds is 6. The minimum atomic E-state index is -4.47. The Morgan fingerprint density at radius 1 is 1.08 bits per heavy atom. The highest BCUT2D eigenvalue weighted by Gasteiger charge is 2.36. The minimum Gasteiger partial charge on any atom is -0.350 e. The summed E-state index contributed by atoms with van der Waals surface area (Å²) in [5, 5.41) is 3.76. The van der Waals surface area contributed by atoms with Crippen LogP contribution in [0.1, 0.15) is 75.0 Å². The molecule has 1 saturated carbocycles. The number of nitrogens with one attached hydrogen (secondary N) is 1. The van der Waals surface area contributed by atoms with Crippen LogP contribution in [0.15, 0.2) is 48.5 Å². The average molecular weight is 528 g/mol. The zero-order chi connectivity index (χ0) is 26.2. The fourth-order valence-electron chi connectivity index (χ4n) is 4.73. The lowest BCUT2D eigenvalue weighted by atomic mass is 10.0. The summed E-state index contributed by atoms with van der Waals surface area (Å²) in [6.07, 6.45) is -0.0385. The molecule has 9 heteroatoms. The van der Waals surface area contributed by atoms with E-state index in [0.29, 0.717) is 29.1 Å². The smallest absolute Gasteiger partial charge is 0.350 e. The number of carbonyl (C=O) groups excluding carboxylic acids is 2. The summed E-state index contributed by atoms with van der Waals surface area (Å²) < 4.78 is 40.2. The second kappa shape index (κ2) is 10.3. The van der Waals surface area contributed by atoms with Gasteiger partial charge >= 0.3 is 6.18 Å². The Balaban J connectivity index is 1.40. The van der Waals surface area contributed by atoms with Crippen molar-refractivity contribution in [3.05, 3.63) is 75.9 Å². The summed E-state index contributed by atoms with van der Waals surface area (Å²) in [6, 6.07) is 12.2. The fourth-order valence-corrected chi connectivity index (χ4v) is 5.96. The van der Waals surface area contributed by atoms with Crippen molar-refractivity contribution in [3.8, 4) is 10.4 Å². The highest BCUT2D eigenvalue weighted by molar-refractivity contribution is 7.15. The van der Waals surface area contributed by atoms with Crippen molar-refractivity contribution in [2.24, 2.45) is 0 Å². The normalized spacial score (nSPS) is 18.1. The zero-order valence-electron chi connectivity index (χ0n) is 20.5. The molecule has 1 aromatic heterocycles.